The topological polar surface area (TPSA) is 66.9 Å². The molecule has 3 aromatic rings. The first kappa shape index (κ1) is 16.7. The Bertz CT molecular complexity index is 1160. The zero-order valence-corrected chi connectivity index (χ0v) is 15.0. The fraction of sp³-hybridized carbons (Fsp3) is 0.182. The number of carbonyl (C=O) groups is 1. The number of halogens is 1. The molecule has 2 aliphatic rings. The molecule has 0 saturated carbocycles. The molecule has 28 heavy (non-hydrogen) atoms. The van der Waals surface area contributed by atoms with Gasteiger partial charge in [0, 0.05) is 23.6 Å². The molecule has 0 amide bonds. The average molecular weight is 375 g/mol. The number of anilines is 1. The number of hydrogen-bond donors (Lipinski definition) is 2. The number of H-pyrrole nitrogens is 1. The van der Waals surface area contributed by atoms with Crippen molar-refractivity contribution in [3.05, 3.63) is 93.2 Å². The van der Waals surface area contributed by atoms with Gasteiger partial charge in [0.1, 0.15) is 11.6 Å². The molecule has 5 nitrogen and oxygen atoms in total. The van der Waals surface area contributed by atoms with Crippen molar-refractivity contribution in [2.45, 2.75) is 25.2 Å². The van der Waals surface area contributed by atoms with Gasteiger partial charge in [0.15, 0.2) is 5.78 Å². The summed E-state index contributed by atoms with van der Waals surface area (Å²) in [6, 6.07) is 15.3. The molecule has 1 aromatic heterocycles. The highest BCUT2D eigenvalue weighted by atomic mass is 19.1. The van der Waals surface area contributed by atoms with Crippen LogP contribution in [0.5, 0.6) is 0 Å². The van der Waals surface area contributed by atoms with Crippen LogP contribution in [0, 0.1) is 5.82 Å². The van der Waals surface area contributed by atoms with E-state index in [1.165, 1.54) is 16.8 Å². The van der Waals surface area contributed by atoms with Crippen LogP contribution < -0.4 is 10.9 Å². The number of para-hydroxylation sites is 1. The Hall–Kier alpha value is -3.41. The summed E-state index contributed by atoms with van der Waals surface area (Å²) in [6.07, 6.45) is 1.99. The lowest BCUT2D eigenvalue weighted by Crippen LogP contribution is -2.29. The zero-order chi connectivity index (χ0) is 19.3. The lowest BCUT2D eigenvalue weighted by atomic mass is 9.77. The number of hydrogen-bond acceptors (Lipinski definition) is 3. The van der Waals surface area contributed by atoms with Crippen molar-refractivity contribution < 1.29 is 9.18 Å². The molecule has 0 unspecified atom stereocenters. The van der Waals surface area contributed by atoms with Gasteiger partial charge in [0.25, 0.3) is 5.56 Å². The van der Waals surface area contributed by atoms with E-state index in [9.17, 15) is 14.0 Å². The quantitative estimate of drug-likeness (QED) is 0.715. The van der Waals surface area contributed by atoms with E-state index >= 15 is 0 Å². The maximum atomic E-state index is 13.5. The summed E-state index contributed by atoms with van der Waals surface area (Å²) < 4.78 is 15.0. The van der Waals surface area contributed by atoms with Gasteiger partial charge < -0.3 is 5.32 Å². The molecule has 0 fully saturated rings. The Kier molecular flexibility index (Phi) is 3.79. The Labute approximate surface area is 160 Å². The van der Waals surface area contributed by atoms with E-state index in [-0.39, 0.29) is 17.2 Å². The van der Waals surface area contributed by atoms with E-state index in [0.29, 0.717) is 29.1 Å². The molecule has 1 atom stereocenters. The predicted molar refractivity (Wildman–Crippen MR) is 104 cm³/mol. The molecule has 2 heterocycles. The number of aromatic nitrogens is 2. The highest BCUT2D eigenvalue weighted by Crippen LogP contribution is 2.43. The zero-order valence-electron chi connectivity index (χ0n) is 15.0. The molecule has 5 rings (SSSR count). The molecular formula is C22H18FN3O2. The summed E-state index contributed by atoms with van der Waals surface area (Å²) in [5, 5.41) is 6.43. The lowest BCUT2D eigenvalue weighted by Gasteiger charge is -2.31. The number of nitrogens with zero attached hydrogens (tertiary/aromatic N) is 1. The van der Waals surface area contributed by atoms with Gasteiger partial charge in [-0.3, -0.25) is 14.7 Å². The molecule has 2 aromatic carbocycles. The van der Waals surface area contributed by atoms with Crippen molar-refractivity contribution in [2.75, 3.05) is 5.32 Å². The highest BCUT2D eigenvalue weighted by Gasteiger charge is 2.38. The summed E-state index contributed by atoms with van der Waals surface area (Å²) in [6.45, 7) is 0. The SMILES string of the molecule is O=C1CCCC2=C1[C@@H](c1ccc(F)cc1)c1c([nH]n(-c3ccccc3)c1=O)N2. The molecule has 0 spiro atoms. The minimum Gasteiger partial charge on any atom is -0.343 e. The molecule has 1 aliphatic heterocycles. The first-order chi connectivity index (χ1) is 13.6. The van der Waals surface area contributed by atoms with Crippen molar-refractivity contribution in [2.24, 2.45) is 0 Å². The average Bonchev–Trinajstić information content (AvgIpc) is 3.04. The van der Waals surface area contributed by atoms with Crippen LogP contribution in [0.4, 0.5) is 10.2 Å². The Morgan fingerprint density at radius 1 is 0.964 bits per heavy atom. The first-order valence-electron chi connectivity index (χ1n) is 9.32. The van der Waals surface area contributed by atoms with Crippen LogP contribution in [0.3, 0.4) is 0 Å². The predicted octanol–water partition coefficient (Wildman–Crippen LogP) is 3.87. The highest BCUT2D eigenvalue weighted by molar-refractivity contribution is 6.00. The third-order valence-electron chi connectivity index (χ3n) is 5.45. The van der Waals surface area contributed by atoms with Crippen LogP contribution >= 0.6 is 0 Å². The molecule has 0 bridgehead atoms. The summed E-state index contributed by atoms with van der Waals surface area (Å²) in [5.74, 6) is -0.219. The van der Waals surface area contributed by atoms with Crippen molar-refractivity contribution in [1.82, 2.24) is 9.78 Å². The van der Waals surface area contributed by atoms with Gasteiger partial charge in [-0.25, -0.2) is 9.07 Å². The smallest absolute Gasteiger partial charge is 0.277 e. The van der Waals surface area contributed by atoms with E-state index in [2.05, 4.69) is 10.4 Å². The second kappa shape index (κ2) is 6.34. The van der Waals surface area contributed by atoms with Crippen molar-refractivity contribution in [1.29, 1.82) is 0 Å². The molecule has 2 N–H and O–H groups in total. The van der Waals surface area contributed by atoms with Crippen LogP contribution in [-0.2, 0) is 4.79 Å². The van der Waals surface area contributed by atoms with Gasteiger partial charge in [0.05, 0.1) is 11.3 Å². The molecule has 0 saturated heterocycles. The van der Waals surface area contributed by atoms with Crippen LogP contribution in [0.15, 0.2) is 70.7 Å². The number of aromatic amines is 1. The number of allylic oxidation sites excluding steroid dienone is 2. The van der Waals surface area contributed by atoms with Crippen LogP contribution in [0.1, 0.15) is 36.3 Å². The summed E-state index contributed by atoms with van der Waals surface area (Å²) in [7, 11) is 0. The second-order valence-electron chi connectivity index (χ2n) is 7.16. The fourth-order valence-corrected chi connectivity index (χ4v) is 4.18. The van der Waals surface area contributed by atoms with Crippen LogP contribution in [-0.4, -0.2) is 15.6 Å². The van der Waals surface area contributed by atoms with E-state index in [0.717, 1.165) is 24.1 Å². The largest absolute Gasteiger partial charge is 0.343 e. The summed E-state index contributed by atoms with van der Waals surface area (Å²) >= 11 is 0. The molecular weight excluding hydrogens is 357 g/mol. The summed E-state index contributed by atoms with van der Waals surface area (Å²) in [5.41, 5.74) is 3.20. The summed E-state index contributed by atoms with van der Waals surface area (Å²) in [4.78, 5) is 26.1. The monoisotopic (exact) mass is 375 g/mol. The number of ketones is 1. The van der Waals surface area contributed by atoms with Gasteiger partial charge >= 0.3 is 0 Å². The van der Waals surface area contributed by atoms with Gasteiger partial charge in [-0.05, 0) is 42.7 Å². The van der Waals surface area contributed by atoms with E-state index in [1.54, 1.807) is 12.1 Å². The maximum absolute atomic E-state index is 13.5. The van der Waals surface area contributed by atoms with Gasteiger partial charge in [-0.1, -0.05) is 30.3 Å². The third-order valence-corrected chi connectivity index (χ3v) is 5.45. The lowest BCUT2D eigenvalue weighted by molar-refractivity contribution is -0.116. The van der Waals surface area contributed by atoms with E-state index in [4.69, 9.17) is 0 Å². The number of Topliss-reactive ketones (excluding diaryl/α,β-unsaturated/α-hetero) is 1. The molecule has 6 heteroatoms. The molecule has 1 aliphatic carbocycles. The maximum Gasteiger partial charge on any atom is 0.277 e. The standard InChI is InChI=1S/C22H18FN3O2/c23-14-11-9-13(10-12-14)18-19-16(7-4-8-17(19)27)24-21-20(18)22(28)26(25-21)15-5-2-1-3-6-15/h1-3,5-6,9-12,18,24-25H,4,7-8H2/t18-/m1/s1. The fourth-order valence-electron chi connectivity index (χ4n) is 4.18. The van der Waals surface area contributed by atoms with Crippen LogP contribution in [0.2, 0.25) is 0 Å². The number of benzene rings is 2. The molecule has 0 radical (unpaired) electrons. The third kappa shape index (κ3) is 2.52. The first-order valence-corrected chi connectivity index (χ1v) is 9.32. The second-order valence-corrected chi connectivity index (χ2v) is 7.16. The number of nitrogens with one attached hydrogen (secondary N) is 2. The van der Waals surface area contributed by atoms with Crippen LogP contribution in [0.25, 0.3) is 5.69 Å². The Morgan fingerprint density at radius 2 is 1.71 bits per heavy atom. The van der Waals surface area contributed by atoms with Crippen molar-refractivity contribution in [3.63, 3.8) is 0 Å². The van der Waals surface area contributed by atoms with Crippen molar-refractivity contribution in [3.8, 4) is 5.69 Å². The minimum absolute atomic E-state index is 0.0422. The van der Waals surface area contributed by atoms with E-state index in [1.807, 2.05) is 30.3 Å². The van der Waals surface area contributed by atoms with Crippen molar-refractivity contribution >= 4 is 11.6 Å². The van der Waals surface area contributed by atoms with E-state index < -0.39 is 5.92 Å². The number of fused-ring (bicyclic) bond motifs is 1. The normalized spacial score (nSPS) is 18.5. The van der Waals surface area contributed by atoms with Gasteiger partial charge in [-0.2, -0.15) is 0 Å². The van der Waals surface area contributed by atoms with Gasteiger partial charge in [-0.15, -0.1) is 0 Å². The Balaban J connectivity index is 1.75. The van der Waals surface area contributed by atoms with Gasteiger partial charge in [0.2, 0.25) is 0 Å². The minimum atomic E-state index is -0.506. The molecule has 140 valence electrons. The number of rotatable bonds is 2. The number of carbonyl (C=O) groups excluding carboxylic acids is 1. The Morgan fingerprint density at radius 3 is 2.46 bits per heavy atom.